The molecule has 9 heteroatoms. The standard InChI is InChI=1S/C21H27F2N5O2/c1-26-21(30)28(16-4-2-3-5-16)20(25-26)14-8-10-27(11-9-14)13-19(29)24-18-7-6-15(22)12-17(18)23/h6-7,12,14,16H,2-5,8-11,13H2,1H3,(H,24,29). The number of aromatic nitrogens is 3. The summed E-state index contributed by atoms with van der Waals surface area (Å²) in [5.74, 6) is -0.750. The number of benzene rings is 1. The van der Waals surface area contributed by atoms with E-state index in [1.807, 2.05) is 9.47 Å². The van der Waals surface area contributed by atoms with E-state index in [1.165, 1.54) is 10.7 Å². The molecule has 2 fully saturated rings. The van der Waals surface area contributed by atoms with Gasteiger partial charge in [0.25, 0.3) is 0 Å². The van der Waals surface area contributed by atoms with Crippen LogP contribution >= 0.6 is 0 Å². The van der Waals surface area contributed by atoms with Crippen LogP contribution in [0.4, 0.5) is 14.5 Å². The van der Waals surface area contributed by atoms with Gasteiger partial charge < -0.3 is 5.32 Å². The molecule has 2 aliphatic rings. The van der Waals surface area contributed by atoms with Crippen LogP contribution in [0.25, 0.3) is 0 Å². The van der Waals surface area contributed by atoms with Crippen LogP contribution in [0, 0.1) is 11.6 Å². The quantitative estimate of drug-likeness (QED) is 0.809. The first kappa shape index (κ1) is 20.7. The molecule has 1 aromatic carbocycles. The number of hydrogen-bond donors (Lipinski definition) is 1. The van der Waals surface area contributed by atoms with Crippen molar-refractivity contribution < 1.29 is 13.6 Å². The molecule has 1 saturated heterocycles. The van der Waals surface area contributed by atoms with Crippen molar-refractivity contribution in [2.75, 3.05) is 25.0 Å². The molecule has 2 aromatic rings. The molecule has 1 aliphatic carbocycles. The number of piperidine rings is 1. The predicted octanol–water partition coefficient (Wildman–Crippen LogP) is 2.79. The summed E-state index contributed by atoms with van der Waals surface area (Å²) >= 11 is 0. The first-order chi connectivity index (χ1) is 14.4. The molecular formula is C21H27F2N5O2. The number of anilines is 1. The fraction of sp³-hybridized carbons (Fsp3) is 0.571. The fourth-order valence-electron chi connectivity index (χ4n) is 4.62. The van der Waals surface area contributed by atoms with Gasteiger partial charge in [-0.05, 0) is 50.9 Å². The van der Waals surface area contributed by atoms with Crippen molar-refractivity contribution >= 4 is 11.6 Å². The number of nitrogens with one attached hydrogen (secondary N) is 1. The first-order valence-electron chi connectivity index (χ1n) is 10.5. The Labute approximate surface area is 173 Å². The van der Waals surface area contributed by atoms with Crippen molar-refractivity contribution in [3.8, 4) is 0 Å². The summed E-state index contributed by atoms with van der Waals surface area (Å²) in [6.07, 6.45) is 5.96. The van der Waals surface area contributed by atoms with Crippen molar-refractivity contribution in [1.82, 2.24) is 19.2 Å². The summed E-state index contributed by atoms with van der Waals surface area (Å²) in [5, 5.41) is 7.04. The summed E-state index contributed by atoms with van der Waals surface area (Å²) in [6, 6.07) is 3.33. The highest BCUT2D eigenvalue weighted by Crippen LogP contribution is 2.33. The zero-order valence-corrected chi connectivity index (χ0v) is 17.1. The van der Waals surface area contributed by atoms with Gasteiger partial charge in [0, 0.05) is 25.1 Å². The van der Waals surface area contributed by atoms with Gasteiger partial charge in [0.05, 0.1) is 12.2 Å². The molecule has 0 atom stereocenters. The van der Waals surface area contributed by atoms with E-state index in [0.29, 0.717) is 13.1 Å². The molecular weight excluding hydrogens is 392 g/mol. The number of aryl methyl sites for hydroxylation is 1. The van der Waals surface area contributed by atoms with Gasteiger partial charge in [-0.3, -0.25) is 14.3 Å². The molecule has 1 N–H and O–H groups in total. The molecule has 162 valence electrons. The van der Waals surface area contributed by atoms with E-state index >= 15 is 0 Å². The van der Waals surface area contributed by atoms with Crippen molar-refractivity contribution in [3.63, 3.8) is 0 Å². The first-order valence-corrected chi connectivity index (χ1v) is 10.5. The molecule has 1 aromatic heterocycles. The van der Waals surface area contributed by atoms with Gasteiger partial charge in [-0.15, -0.1) is 0 Å². The third kappa shape index (κ3) is 4.30. The molecule has 2 heterocycles. The lowest BCUT2D eigenvalue weighted by atomic mass is 9.95. The number of amides is 1. The van der Waals surface area contributed by atoms with Crippen molar-refractivity contribution in [2.24, 2.45) is 7.05 Å². The second kappa shape index (κ2) is 8.67. The Morgan fingerprint density at radius 1 is 1.17 bits per heavy atom. The van der Waals surface area contributed by atoms with E-state index in [2.05, 4.69) is 10.4 Å². The smallest absolute Gasteiger partial charge is 0.322 e. The minimum atomic E-state index is -0.790. The van der Waals surface area contributed by atoms with E-state index in [0.717, 1.165) is 56.5 Å². The molecule has 1 amide bonds. The lowest BCUT2D eigenvalue weighted by Crippen LogP contribution is -2.39. The largest absolute Gasteiger partial charge is 0.345 e. The highest BCUT2D eigenvalue weighted by Gasteiger charge is 2.30. The highest BCUT2D eigenvalue weighted by molar-refractivity contribution is 5.92. The Balaban J connectivity index is 1.36. The normalized spacial score (nSPS) is 18.8. The molecule has 1 aliphatic heterocycles. The zero-order chi connectivity index (χ0) is 21.3. The zero-order valence-electron chi connectivity index (χ0n) is 17.1. The molecule has 0 radical (unpaired) electrons. The number of likely N-dealkylation sites (tertiary alicyclic amines) is 1. The Kier molecular flexibility index (Phi) is 5.99. The summed E-state index contributed by atoms with van der Waals surface area (Å²) in [7, 11) is 1.70. The lowest BCUT2D eigenvalue weighted by Gasteiger charge is -2.31. The summed E-state index contributed by atoms with van der Waals surface area (Å²) in [5.41, 5.74) is -0.0645. The maximum absolute atomic E-state index is 13.7. The number of carbonyl (C=O) groups excluding carboxylic acids is 1. The van der Waals surface area contributed by atoms with Gasteiger partial charge in [0.15, 0.2) is 0 Å². The predicted molar refractivity (Wildman–Crippen MR) is 108 cm³/mol. The van der Waals surface area contributed by atoms with Gasteiger partial charge in [-0.2, -0.15) is 5.10 Å². The number of carbonyl (C=O) groups is 1. The summed E-state index contributed by atoms with van der Waals surface area (Å²) in [4.78, 5) is 26.9. The van der Waals surface area contributed by atoms with Crippen LogP contribution in [0.5, 0.6) is 0 Å². The third-order valence-corrected chi connectivity index (χ3v) is 6.20. The minimum Gasteiger partial charge on any atom is -0.322 e. The Morgan fingerprint density at radius 3 is 2.53 bits per heavy atom. The lowest BCUT2D eigenvalue weighted by molar-refractivity contribution is -0.117. The maximum Gasteiger partial charge on any atom is 0.345 e. The molecule has 0 unspecified atom stereocenters. The maximum atomic E-state index is 13.7. The minimum absolute atomic E-state index is 0.0228. The molecule has 30 heavy (non-hydrogen) atoms. The SMILES string of the molecule is Cn1nc(C2CCN(CC(=O)Nc3ccc(F)cc3F)CC2)n(C2CCCC2)c1=O. The Hall–Kier alpha value is -2.55. The van der Waals surface area contributed by atoms with E-state index in [1.54, 1.807) is 7.05 Å². The van der Waals surface area contributed by atoms with Gasteiger partial charge in [0.1, 0.15) is 17.5 Å². The van der Waals surface area contributed by atoms with E-state index < -0.39 is 11.6 Å². The van der Waals surface area contributed by atoms with Gasteiger partial charge in [-0.25, -0.2) is 18.3 Å². The molecule has 1 saturated carbocycles. The fourth-order valence-corrected chi connectivity index (χ4v) is 4.62. The second-order valence-corrected chi connectivity index (χ2v) is 8.30. The number of nitrogens with zero attached hydrogens (tertiary/aromatic N) is 4. The second-order valence-electron chi connectivity index (χ2n) is 8.30. The Morgan fingerprint density at radius 2 is 1.87 bits per heavy atom. The molecule has 0 spiro atoms. The van der Waals surface area contributed by atoms with E-state index in [4.69, 9.17) is 0 Å². The van der Waals surface area contributed by atoms with Crippen molar-refractivity contribution in [1.29, 1.82) is 0 Å². The number of rotatable bonds is 5. The summed E-state index contributed by atoms with van der Waals surface area (Å²) in [6.45, 7) is 1.53. The number of hydrogen-bond acceptors (Lipinski definition) is 4. The van der Waals surface area contributed by atoms with Crippen LogP contribution in [0.2, 0.25) is 0 Å². The van der Waals surface area contributed by atoms with Gasteiger partial charge in [0.2, 0.25) is 5.91 Å². The van der Waals surface area contributed by atoms with Crippen LogP contribution in [-0.2, 0) is 11.8 Å². The van der Waals surface area contributed by atoms with Gasteiger partial charge >= 0.3 is 5.69 Å². The highest BCUT2D eigenvalue weighted by atomic mass is 19.1. The molecule has 4 rings (SSSR count). The average Bonchev–Trinajstić information content (AvgIpc) is 3.33. The molecule has 0 bridgehead atoms. The van der Waals surface area contributed by atoms with Crippen molar-refractivity contribution in [2.45, 2.75) is 50.5 Å². The summed E-state index contributed by atoms with van der Waals surface area (Å²) < 4.78 is 30.1. The molecule has 7 nitrogen and oxygen atoms in total. The Bertz CT molecular complexity index is 972. The topological polar surface area (TPSA) is 72.2 Å². The third-order valence-electron chi connectivity index (χ3n) is 6.20. The monoisotopic (exact) mass is 419 g/mol. The van der Waals surface area contributed by atoms with Gasteiger partial charge in [-0.1, -0.05) is 12.8 Å². The van der Waals surface area contributed by atoms with Crippen LogP contribution < -0.4 is 11.0 Å². The average molecular weight is 419 g/mol. The van der Waals surface area contributed by atoms with Crippen LogP contribution in [-0.4, -0.2) is 44.8 Å². The van der Waals surface area contributed by atoms with E-state index in [-0.39, 0.29) is 35.8 Å². The number of halogens is 2. The van der Waals surface area contributed by atoms with Crippen molar-refractivity contribution in [3.05, 3.63) is 46.1 Å². The van der Waals surface area contributed by atoms with Crippen LogP contribution in [0.3, 0.4) is 0 Å². The van der Waals surface area contributed by atoms with E-state index in [9.17, 15) is 18.4 Å². The van der Waals surface area contributed by atoms with Crippen LogP contribution in [0.1, 0.15) is 56.3 Å². The van der Waals surface area contributed by atoms with Crippen LogP contribution in [0.15, 0.2) is 23.0 Å².